The number of fused-ring (bicyclic) bond motifs is 1. The largest absolute Gasteiger partial charge is 0.496 e. The van der Waals surface area contributed by atoms with E-state index in [4.69, 9.17) is 4.74 Å². The van der Waals surface area contributed by atoms with E-state index in [-0.39, 0.29) is 0 Å². The van der Waals surface area contributed by atoms with Gasteiger partial charge in [0.2, 0.25) is 0 Å². The summed E-state index contributed by atoms with van der Waals surface area (Å²) in [6.45, 7) is 3.87. The molecule has 78 valence electrons. The molecule has 0 saturated heterocycles. The van der Waals surface area contributed by atoms with E-state index in [2.05, 4.69) is 25.9 Å². The molecule has 1 aromatic carbocycles. The van der Waals surface area contributed by atoms with Crippen LogP contribution in [-0.2, 0) is 0 Å². The summed E-state index contributed by atoms with van der Waals surface area (Å²) in [4.78, 5) is 8.72. The Morgan fingerprint density at radius 2 is 1.93 bits per heavy atom. The number of ether oxygens (including phenoxy) is 1. The fourth-order valence-electron chi connectivity index (χ4n) is 1.64. The zero-order chi connectivity index (χ0) is 11.0. The van der Waals surface area contributed by atoms with Crippen LogP contribution in [0.15, 0.2) is 16.6 Å². The number of aryl methyl sites for hydroxylation is 2. The number of hydrogen-bond acceptors (Lipinski definition) is 3. The second-order valence-electron chi connectivity index (χ2n) is 3.33. The van der Waals surface area contributed by atoms with Crippen LogP contribution in [0.5, 0.6) is 5.75 Å². The zero-order valence-corrected chi connectivity index (χ0v) is 10.4. The van der Waals surface area contributed by atoms with E-state index in [0.29, 0.717) is 0 Å². The van der Waals surface area contributed by atoms with E-state index in [1.165, 1.54) is 0 Å². The molecule has 4 heteroatoms. The molecule has 0 fully saturated rings. The van der Waals surface area contributed by atoms with E-state index >= 15 is 0 Å². The van der Waals surface area contributed by atoms with Crippen LogP contribution in [0, 0.1) is 13.8 Å². The number of halogens is 1. The van der Waals surface area contributed by atoms with Gasteiger partial charge in [-0.3, -0.25) is 0 Å². The van der Waals surface area contributed by atoms with Crippen molar-refractivity contribution >= 4 is 26.8 Å². The highest BCUT2D eigenvalue weighted by Gasteiger charge is 2.09. The molecule has 1 aromatic heterocycles. The molecule has 0 unspecified atom stereocenters. The van der Waals surface area contributed by atoms with Crippen molar-refractivity contribution in [2.75, 3.05) is 7.11 Å². The quantitative estimate of drug-likeness (QED) is 0.796. The summed E-state index contributed by atoms with van der Waals surface area (Å²) in [6, 6.07) is 3.85. The maximum absolute atomic E-state index is 5.24. The van der Waals surface area contributed by atoms with Crippen LogP contribution in [0.25, 0.3) is 10.9 Å². The van der Waals surface area contributed by atoms with Gasteiger partial charge in [-0.2, -0.15) is 0 Å². The molecular weight excluding hydrogens is 256 g/mol. The second kappa shape index (κ2) is 3.77. The van der Waals surface area contributed by atoms with Gasteiger partial charge in [-0.25, -0.2) is 9.97 Å². The lowest BCUT2D eigenvalue weighted by Gasteiger charge is -2.08. The fraction of sp³-hybridized carbons (Fsp3) is 0.273. The second-order valence-corrected chi connectivity index (χ2v) is 4.13. The van der Waals surface area contributed by atoms with Crippen molar-refractivity contribution in [1.29, 1.82) is 0 Å². The van der Waals surface area contributed by atoms with Gasteiger partial charge in [-0.05, 0) is 41.9 Å². The topological polar surface area (TPSA) is 35.0 Å². The predicted octanol–water partition coefficient (Wildman–Crippen LogP) is 3.02. The Morgan fingerprint density at radius 1 is 1.20 bits per heavy atom. The van der Waals surface area contributed by atoms with Crippen molar-refractivity contribution in [1.82, 2.24) is 9.97 Å². The summed E-state index contributed by atoms with van der Waals surface area (Å²) >= 11 is 3.51. The smallest absolute Gasteiger partial charge is 0.133 e. The average Bonchev–Trinajstić information content (AvgIpc) is 2.17. The lowest BCUT2D eigenvalue weighted by molar-refractivity contribution is 0.413. The number of benzene rings is 1. The summed E-state index contributed by atoms with van der Waals surface area (Å²) in [5, 5.41) is 1.01. The molecule has 0 bridgehead atoms. The first kappa shape index (κ1) is 10.4. The Kier molecular flexibility index (Phi) is 2.61. The molecule has 1 heterocycles. The molecule has 0 aliphatic rings. The molecule has 0 saturated carbocycles. The summed E-state index contributed by atoms with van der Waals surface area (Å²) < 4.78 is 6.15. The molecule has 3 nitrogen and oxygen atoms in total. The van der Waals surface area contributed by atoms with Crippen LogP contribution in [0.2, 0.25) is 0 Å². The molecule has 0 atom stereocenters. The van der Waals surface area contributed by atoms with Gasteiger partial charge in [0, 0.05) is 5.39 Å². The lowest BCUT2D eigenvalue weighted by Crippen LogP contribution is -1.95. The van der Waals surface area contributed by atoms with Gasteiger partial charge >= 0.3 is 0 Å². The number of nitrogens with zero attached hydrogens (tertiary/aromatic N) is 2. The molecule has 2 rings (SSSR count). The minimum absolute atomic E-state index is 0.789. The minimum Gasteiger partial charge on any atom is -0.496 e. The number of methoxy groups -OCH3 is 1. The van der Waals surface area contributed by atoms with Gasteiger partial charge in [0.1, 0.15) is 11.6 Å². The van der Waals surface area contributed by atoms with E-state index in [0.717, 1.165) is 32.6 Å². The van der Waals surface area contributed by atoms with Gasteiger partial charge in [-0.15, -0.1) is 0 Å². The molecule has 2 aromatic rings. The molecule has 15 heavy (non-hydrogen) atoms. The molecule has 0 spiro atoms. The Morgan fingerprint density at radius 3 is 2.60 bits per heavy atom. The SMILES string of the molecule is COc1ccc2nc(C)nc(C)c2c1Br. The van der Waals surface area contributed by atoms with Crippen molar-refractivity contribution in [3.05, 3.63) is 28.1 Å². The molecule has 0 radical (unpaired) electrons. The summed E-state index contributed by atoms with van der Waals surface area (Å²) in [7, 11) is 1.65. The van der Waals surface area contributed by atoms with Gasteiger partial charge in [0.25, 0.3) is 0 Å². The van der Waals surface area contributed by atoms with Gasteiger partial charge in [0.05, 0.1) is 22.8 Å². The van der Waals surface area contributed by atoms with Crippen LogP contribution in [-0.4, -0.2) is 17.1 Å². The van der Waals surface area contributed by atoms with Crippen LogP contribution >= 0.6 is 15.9 Å². The van der Waals surface area contributed by atoms with E-state index < -0.39 is 0 Å². The Bertz CT molecular complexity index is 525. The highest BCUT2D eigenvalue weighted by molar-refractivity contribution is 9.10. The number of aromatic nitrogens is 2. The number of rotatable bonds is 1. The van der Waals surface area contributed by atoms with Crippen molar-refractivity contribution in [3.63, 3.8) is 0 Å². The molecule has 0 aliphatic heterocycles. The Labute approximate surface area is 96.6 Å². The van der Waals surface area contributed by atoms with Crippen LogP contribution in [0.3, 0.4) is 0 Å². The third kappa shape index (κ3) is 1.69. The average molecular weight is 267 g/mol. The van der Waals surface area contributed by atoms with Crippen LogP contribution < -0.4 is 4.74 Å². The van der Waals surface area contributed by atoms with E-state index in [1.54, 1.807) is 7.11 Å². The normalized spacial score (nSPS) is 10.7. The highest BCUT2D eigenvalue weighted by atomic mass is 79.9. The first-order valence-electron chi connectivity index (χ1n) is 4.61. The van der Waals surface area contributed by atoms with E-state index in [9.17, 15) is 0 Å². The van der Waals surface area contributed by atoms with Crippen molar-refractivity contribution < 1.29 is 4.74 Å². The Hall–Kier alpha value is -1.16. The lowest BCUT2D eigenvalue weighted by atomic mass is 10.2. The zero-order valence-electron chi connectivity index (χ0n) is 8.84. The van der Waals surface area contributed by atoms with E-state index in [1.807, 2.05) is 26.0 Å². The fourth-order valence-corrected chi connectivity index (χ4v) is 2.42. The molecular formula is C11H11BrN2O. The maximum Gasteiger partial charge on any atom is 0.133 e. The first-order valence-corrected chi connectivity index (χ1v) is 5.40. The van der Waals surface area contributed by atoms with Crippen molar-refractivity contribution in [2.45, 2.75) is 13.8 Å². The molecule has 0 aliphatic carbocycles. The van der Waals surface area contributed by atoms with Gasteiger partial charge in [0.15, 0.2) is 0 Å². The third-order valence-electron chi connectivity index (χ3n) is 2.28. The number of hydrogen-bond donors (Lipinski definition) is 0. The van der Waals surface area contributed by atoms with Crippen molar-refractivity contribution in [3.8, 4) is 5.75 Å². The maximum atomic E-state index is 5.24. The van der Waals surface area contributed by atoms with Crippen LogP contribution in [0.4, 0.5) is 0 Å². The monoisotopic (exact) mass is 266 g/mol. The van der Waals surface area contributed by atoms with Gasteiger partial charge < -0.3 is 4.74 Å². The summed E-state index contributed by atoms with van der Waals surface area (Å²) in [5.41, 5.74) is 1.90. The minimum atomic E-state index is 0.789. The predicted molar refractivity (Wildman–Crippen MR) is 63.3 cm³/mol. The van der Waals surface area contributed by atoms with Gasteiger partial charge in [-0.1, -0.05) is 0 Å². The highest BCUT2D eigenvalue weighted by Crippen LogP contribution is 2.33. The standard InChI is InChI=1S/C11H11BrN2O/c1-6-10-8(14-7(2)13-6)4-5-9(15-3)11(10)12/h4-5H,1-3H3. The summed E-state index contributed by atoms with van der Waals surface area (Å²) in [5.74, 6) is 1.59. The van der Waals surface area contributed by atoms with Crippen LogP contribution in [0.1, 0.15) is 11.5 Å². The Balaban J connectivity index is 2.87. The van der Waals surface area contributed by atoms with Crippen molar-refractivity contribution in [2.24, 2.45) is 0 Å². The third-order valence-corrected chi connectivity index (χ3v) is 3.07. The first-order chi connectivity index (χ1) is 7.13. The molecule has 0 N–H and O–H groups in total. The molecule has 0 amide bonds. The summed E-state index contributed by atoms with van der Waals surface area (Å²) in [6.07, 6.45) is 0.